The fourth-order valence-electron chi connectivity index (χ4n) is 3.04. The number of aldehydes is 1. The lowest BCUT2D eigenvalue weighted by Gasteiger charge is -2.22. The first-order valence-corrected chi connectivity index (χ1v) is 6.18. The van der Waals surface area contributed by atoms with Crippen LogP contribution in [0.2, 0.25) is 0 Å². The first kappa shape index (κ1) is 10.9. The summed E-state index contributed by atoms with van der Waals surface area (Å²) < 4.78 is 0. The number of aliphatic hydroxyl groups is 1. The van der Waals surface area contributed by atoms with Gasteiger partial charge >= 0.3 is 0 Å². The van der Waals surface area contributed by atoms with Crippen LogP contribution in [0.5, 0.6) is 0 Å². The van der Waals surface area contributed by atoms with Crippen molar-refractivity contribution in [3.05, 3.63) is 35.4 Å². The smallest absolute Gasteiger partial charge is 0.150 e. The maximum absolute atomic E-state index is 10.6. The zero-order chi connectivity index (χ0) is 12.0. The Bertz CT molecular complexity index is 442. The van der Waals surface area contributed by atoms with Crippen LogP contribution in [0.4, 0.5) is 0 Å². The SMILES string of the molecule is C[C@H](c1ccc(C=O)cc1)[C@@H]1CC[C@@]2(O)CN12. The summed E-state index contributed by atoms with van der Waals surface area (Å²) in [5.41, 5.74) is 1.48. The van der Waals surface area contributed by atoms with E-state index >= 15 is 0 Å². The molecule has 0 amide bonds. The van der Waals surface area contributed by atoms with Crippen LogP contribution in [-0.4, -0.2) is 34.6 Å². The third-order valence-electron chi connectivity index (χ3n) is 4.27. The Kier molecular flexibility index (Phi) is 2.35. The number of hydrogen-bond acceptors (Lipinski definition) is 3. The number of benzene rings is 1. The van der Waals surface area contributed by atoms with Gasteiger partial charge in [0, 0.05) is 18.2 Å². The molecule has 3 nitrogen and oxygen atoms in total. The minimum atomic E-state index is -0.484. The van der Waals surface area contributed by atoms with Crippen molar-refractivity contribution >= 4 is 6.29 Å². The Labute approximate surface area is 101 Å². The molecule has 2 heterocycles. The Morgan fingerprint density at radius 3 is 2.65 bits per heavy atom. The van der Waals surface area contributed by atoms with E-state index in [2.05, 4.69) is 11.8 Å². The van der Waals surface area contributed by atoms with Gasteiger partial charge < -0.3 is 5.11 Å². The topological polar surface area (TPSA) is 40.3 Å². The highest BCUT2D eigenvalue weighted by Crippen LogP contribution is 2.48. The summed E-state index contributed by atoms with van der Waals surface area (Å²) in [5, 5.41) is 10.00. The second-order valence-corrected chi connectivity index (χ2v) is 5.29. The van der Waals surface area contributed by atoms with E-state index in [9.17, 15) is 9.90 Å². The zero-order valence-corrected chi connectivity index (χ0v) is 9.97. The van der Waals surface area contributed by atoms with Gasteiger partial charge in [-0.05, 0) is 24.3 Å². The predicted molar refractivity (Wildman–Crippen MR) is 64.9 cm³/mol. The van der Waals surface area contributed by atoms with E-state index in [1.165, 1.54) is 5.56 Å². The molecule has 0 radical (unpaired) electrons. The van der Waals surface area contributed by atoms with Gasteiger partial charge in [-0.1, -0.05) is 31.2 Å². The molecule has 2 fully saturated rings. The van der Waals surface area contributed by atoms with Gasteiger partial charge in [0.15, 0.2) is 0 Å². The molecule has 0 aromatic heterocycles. The van der Waals surface area contributed by atoms with Crippen molar-refractivity contribution in [1.29, 1.82) is 0 Å². The van der Waals surface area contributed by atoms with Crippen LogP contribution in [0.25, 0.3) is 0 Å². The molecule has 3 heteroatoms. The molecule has 4 atom stereocenters. The largest absolute Gasteiger partial charge is 0.374 e. The molecule has 3 rings (SSSR count). The number of hydrogen-bond donors (Lipinski definition) is 1. The third-order valence-corrected chi connectivity index (χ3v) is 4.27. The fourth-order valence-corrected chi connectivity index (χ4v) is 3.04. The maximum Gasteiger partial charge on any atom is 0.150 e. The number of carbonyl (C=O) groups excluding carboxylic acids is 1. The Morgan fingerprint density at radius 1 is 1.47 bits per heavy atom. The number of rotatable bonds is 3. The lowest BCUT2D eigenvalue weighted by atomic mass is 9.91. The van der Waals surface area contributed by atoms with E-state index in [1.54, 1.807) is 0 Å². The van der Waals surface area contributed by atoms with E-state index in [0.717, 1.165) is 31.2 Å². The van der Waals surface area contributed by atoms with Crippen molar-refractivity contribution in [2.24, 2.45) is 0 Å². The van der Waals surface area contributed by atoms with Crippen molar-refractivity contribution in [3.63, 3.8) is 0 Å². The second-order valence-electron chi connectivity index (χ2n) is 5.29. The molecule has 1 aromatic rings. The molecule has 17 heavy (non-hydrogen) atoms. The first-order valence-electron chi connectivity index (χ1n) is 6.18. The van der Waals surface area contributed by atoms with Gasteiger partial charge in [-0.25, -0.2) is 0 Å². The van der Waals surface area contributed by atoms with Gasteiger partial charge in [0.05, 0.1) is 0 Å². The molecule has 0 aliphatic carbocycles. The lowest BCUT2D eigenvalue weighted by molar-refractivity contribution is 0.103. The highest BCUT2D eigenvalue weighted by Gasteiger charge is 2.59. The van der Waals surface area contributed by atoms with E-state index in [0.29, 0.717) is 12.0 Å². The van der Waals surface area contributed by atoms with Crippen molar-refractivity contribution < 1.29 is 9.90 Å². The lowest BCUT2D eigenvalue weighted by Crippen LogP contribution is -2.23. The summed E-state index contributed by atoms with van der Waals surface area (Å²) in [4.78, 5) is 12.8. The summed E-state index contributed by atoms with van der Waals surface area (Å²) in [6.07, 6.45) is 2.83. The average molecular weight is 231 g/mol. The summed E-state index contributed by atoms with van der Waals surface area (Å²) in [6, 6.07) is 8.22. The summed E-state index contributed by atoms with van der Waals surface area (Å²) in [6.45, 7) is 3.03. The van der Waals surface area contributed by atoms with Gasteiger partial charge in [0.25, 0.3) is 0 Å². The minimum absolute atomic E-state index is 0.409. The van der Waals surface area contributed by atoms with Crippen LogP contribution < -0.4 is 0 Å². The fraction of sp³-hybridized carbons (Fsp3) is 0.500. The summed E-state index contributed by atoms with van der Waals surface area (Å²) in [7, 11) is 0. The molecule has 2 aliphatic rings. The van der Waals surface area contributed by atoms with Crippen LogP contribution >= 0.6 is 0 Å². The summed E-state index contributed by atoms with van der Waals surface area (Å²) in [5.74, 6) is 0.409. The molecule has 0 bridgehead atoms. The normalized spacial score (nSPS) is 36.4. The molecule has 1 N–H and O–H groups in total. The first-order chi connectivity index (χ1) is 8.14. The number of carbonyl (C=O) groups is 1. The standard InChI is InChI=1S/C14H17NO2/c1-10(12-4-2-11(8-16)3-5-12)13-6-7-14(17)9-15(13)14/h2-5,8,10,13,17H,6-7,9H2,1H3/t10-,13+,14-,15?/m1/s1. The number of fused-ring (bicyclic) bond motifs is 1. The van der Waals surface area contributed by atoms with Crippen molar-refractivity contribution in [1.82, 2.24) is 4.90 Å². The van der Waals surface area contributed by atoms with E-state index in [1.807, 2.05) is 24.3 Å². The third kappa shape index (κ3) is 1.70. The van der Waals surface area contributed by atoms with E-state index < -0.39 is 5.72 Å². The monoisotopic (exact) mass is 231 g/mol. The quantitative estimate of drug-likeness (QED) is 0.636. The van der Waals surface area contributed by atoms with Gasteiger partial charge in [-0.2, -0.15) is 0 Å². The Morgan fingerprint density at radius 2 is 2.18 bits per heavy atom. The average Bonchev–Trinajstić information content (AvgIpc) is 2.92. The van der Waals surface area contributed by atoms with Gasteiger partial charge in [0.2, 0.25) is 0 Å². The highest BCUT2D eigenvalue weighted by molar-refractivity contribution is 5.74. The maximum atomic E-state index is 10.6. The summed E-state index contributed by atoms with van der Waals surface area (Å²) >= 11 is 0. The minimum Gasteiger partial charge on any atom is -0.374 e. The second kappa shape index (κ2) is 3.65. The van der Waals surface area contributed by atoms with Crippen molar-refractivity contribution in [2.45, 2.75) is 37.5 Å². The van der Waals surface area contributed by atoms with Crippen LogP contribution in [0.15, 0.2) is 24.3 Å². The van der Waals surface area contributed by atoms with Crippen LogP contribution in [0, 0.1) is 0 Å². The van der Waals surface area contributed by atoms with Gasteiger partial charge in [-0.15, -0.1) is 0 Å². The molecule has 1 aromatic carbocycles. The number of piperidine rings is 1. The molecule has 0 spiro atoms. The molecule has 2 aliphatic heterocycles. The Balaban J connectivity index is 1.77. The van der Waals surface area contributed by atoms with Crippen molar-refractivity contribution in [2.75, 3.05) is 6.54 Å². The predicted octanol–water partition coefficient (Wildman–Crippen LogP) is 1.77. The molecule has 0 saturated carbocycles. The van der Waals surface area contributed by atoms with Gasteiger partial charge in [-0.3, -0.25) is 9.69 Å². The number of nitrogens with zero attached hydrogens (tertiary/aromatic N) is 1. The molecule has 1 unspecified atom stereocenters. The molecular weight excluding hydrogens is 214 g/mol. The van der Waals surface area contributed by atoms with Crippen molar-refractivity contribution in [3.8, 4) is 0 Å². The van der Waals surface area contributed by atoms with Gasteiger partial charge in [0.1, 0.15) is 12.0 Å². The van der Waals surface area contributed by atoms with E-state index in [4.69, 9.17) is 0 Å². The zero-order valence-electron chi connectivity index (χ0n) is 9.97. The van der Waals surface area contributed by atoms with Crippen LogP contribution in [-0.2, 0) is 0 Å². The molecule has 2 saturated heterocycles. The molecular formula is C14H17NO2. The molecule has 90 valence electrons. The van der Waals surface area contributed by atoms with Crippen LogP contribution in [0.1, 0.15) is 41.6 Å². The Hall–Kier alpha value is -1.19. The van der Waals surface area contributed by atoms with Crippen LogP contribution in [0.3, 0.4) is 0 Å². The van der Waals surface area contributed by atoms with E-state index in [-0.39, 0.29) is 0 Å². The highest BCUT2D eigenvalue weighted by atomic mass is 16.3.